The van der Waals surface area contributed by atoms with E-state index in [0.717, 1.165) is 65.2 Å². The van der Waals surface area contributed by atoms with Crippen molar-refractivity contribution in [3.05, 3.63) is 0 Å². The molecule has 4 aliphatic heterocycles. The van der Waals surface area contributed by atoms with E-state index in [-0.39, 0.29) is 12.3 Å². The lowest BCUT2D eigenvalue weighted by Gasteiger charge is -2.52. The molecule has 0 saturated carbocycles. The van der Waals surface area contributed by atoms with E-state index in [4.69, 9.17) is 37.9 Å². The number of nitrogens with one attached hydrogen (secondary N) is 2. The average Bonchev–Trinajstić information content (AvgIpc) is 0.751. The van der Waals surface area contributed by atoms with Crippen molar-refractivity contribution in [2.45, 2.75) is 355 Å². The second-order valence-electron chi connectivity index (χ2n) is 26.5. The van der Waals surface area contributed by atoms with Crippen molar-refractivity contribution in [2.24, 2.45) is 5.92 Å². The number of Topliss-reactive ketones (excluding diaryl/α,β-unsaturated/α-hetero) is 1. The predicted molar refractivity (Wildman–Crippen MR) is 338 cm³/mol. The number of unbranched alkanes of at least 4 members (excludes halogenated alkanes) is 24. The van der Waals surface area contributed by atoms with E-state index in [1.807, 2.05) is 0 Å². The fourth-order valence-electron chi connectivity index (χ4n) is 13.0. The summed E-state index contributed by atoms with van der Waals surface area (Å²) in [6.07, 6.45) is -8.88. The van der Waals surface area contributed by atoms with Crippen LogP contribution in [0, 0.1) is 5.92 Å². The Balaban J connectivity index is 1.55. The molecular formula is C66H120N2O26. The zero-order valence-corrected chi connectivity index (χ0v) is 56.1. The molecule has 94 heavy (non-hydrogen) atoms. The third kappa shape index (κ3) is 26.7. The van der Waals surface area contributed by atoms with Crippen LogP contribution in [-0.4, -0.2) is 262 Å². The zero-order chi connectivity index (χ0) is 69.3. The lowest BCUT2D eigenvalue weighted by atomic mass is 9.87. The average molecular weight is 1360 g/mol. The van der Waals surface area contributed by atoms with Gasteiger partial charge in [-0.3, -0.25) is 9.59 Å². The summed E-state index contributed by atoms with van der Waals surface area (Å²) < 4.78 is 48.1. The number of aliphatic hydroxyl groups is 13. The second-order valence-corrected chi connectivity index (χ2v) is 26.5. The summed E-state index contributed by atoms with van der Waals surface area (Å²) in [7, 11) is 0. The molecule has 0 bridgehead atoms. The second kappa shape index (κ2) is 45.1. The Labute approximate surface area is 554 Å². The van der Waals surface area contributed by atoms with Gasteiger partial charge in [0.1, 0.15) is 85.1 Å². The minimum Gasteiger partial charge on any atom is -0.477 e. The summed E-state index contributed by atoms with van der Waals surface area (Å²) in [6, 6.07) is -2.69. The molecule has 0 spiro atoms. The minimum absolute atomic E-state index is 0.188. The Bertz CT molecular complexity index is 2090. The van der Waals surface area contributed by atoms with Gasteiger partial charge in [0.15, 0.2) is 18.9 Å². The maximum Gasteiger partial charge on any atom is 0.364 e. The first-order valence-electron chi connectivity index (χ1n) is 35.1. The molecule has 4 heterocycles. The topological polar surface area (TPSA) is 449 Å². The van der Waals surface area contributed by atoms with Crippen LogP contribution >= 0.6 is 0 Å². The number of carbonyl (C=O) groups excluding carboxylic acids is 3. The van der Waals surface area contributed by atoms with Crippen LogP contribution in [-0.2, 0) is 57.1 Å². The molecule has 28 heteroatoms. The Kier molecular flexibility index (Phi) is 40.1. The van der Waals surface area contributed by atoms with Crippen LogP contribution in [0.25, 0.3) is 0 Å². The van der Waals surface area contributed by atoms with Gasteiger partial charge in [0.2, 0.25) is 11.8 Å². The summed E-state index contributed by atoms with van der Waals surface area (Å²) >= 11 is 0. The number of rotatable bonds is 49. The predicted octanol–water partition coefficient (Wildman–Crippen LogP) is 1.67. The van der Waals surface area contributed by atoms with Gasteiger partial charge in [-0.2, -0.15) is 0 Å². The molecule has 2 amide bonds. The highest BCUT2D eigenvalue weighted by Crippen LogP contribution is 2.41. The van der Waals surface area contributed by atoms with Crippen LogP contribution in [0.2, 0.25) is 0 Å². The summed E-state index contributed by atoms with van der Waals surface area (Å²) in [6.45, 7) is 1.98. The molecule has 550 valence electrons. The zero-order valence-electron chi connectivity index (χ0n) is 56.1. The van der Waals surface area contributed by atoms with Crippen LogP contribution in [0.5, 0.6) is 0 Å². The SMILES string of the molecule is CCCCCCCCCCCCCCCC(=O)NC(COC1OC(CO)C(OC2OC(CO)C(OC3OC(CO)C(O)C(O)C3CC(C)=O)C(OC3(C(=O)O)CC(O)C(NC(C)=O)C(C(O)C(O)CO)O3)C2O)C(O)C1O)C(O)CCCCCCCCCCCCCCC. The number of aliphatic carboxylic acids is 1. The smallest absolute Gasteiger partial charge is 0.364 e. The van der Waals surface area contributed by atoms with Gasteiger partial charge in [-0.1, -0.05) is 174 Å². The first kappa shape index (κ1) is 83.7. The van der Waals surface area contributed by atoms with Crippen LogP contribution in [0.15, 0.2) is 0 Å². The monoisotopic (exact) mass is 1360 g/mol. The van der Waals surface area contributed by atoms with Gasteiger partial charge >= 0.3 is 5.97 Å². The molecule has 16 N–H and O–H groups in total. The van der Waals surface area contributed by atoms with Gasteiger partial charge in [0.25, 0.3) is 5.79 Å². The van der Waals surface area contributed by atoms with Gasteiger partial charge in [-0.25, -0.2) is 4.79 Å². The molecular weight excluding hydrogens is 1240 g/mol. The van der Waals surface area contributed by atoms with E-state index >= 15 is 0 Å². The van der Waals surface area contributed by atoms with Crippen molar-refractivity contribution in [2.75, 3.05) is 33.0 Å². The Hall–Kier alpha value is -2.76. The summed E-state index contributed by atoms with van der Waals surface area (Å²) in [5, 5.41) is 161. The summed E-state index contributed by atoms with van der Waals surface area (Å²) in [4.78, 5) is 52.0. The highest BCUT2D eigenvalue weighted by atomic mass is 16.8. The van der Waals surface area contributed by atoms with Crippen molar-refractivity contribution in [1.82, 2.24) is 10.6 Å². The first-order chi connectivity index (χ1) is 45.0. The molecule has 4 saturated heterocycles. The summed E-state index contributed by atoms with van der Waals surface area (Å²) in [5.41, 5.74) is 0. The number of carbonyl (C=O) groups is 4. The lowest BCUT2D eigenvalue weighted by molar-refractivity contribution is -0.403. The van der Waals surface area contributed by atoms with E-state index in [1.165, 1.54) is 103 Å². The molecule has 28 nitrogen and oxygen atoms in total. The normalized spacial score (nSPS) is 32.7. The van der Waals surface area contributed by atoms with Crippen molar-refractivity contribution in [3.63, 3.8) is 0 Å². The first-order valence-corrected chi connectivity index (χ1v) is 35.1. The largest absolute Gasteiger partial charge is 0.477 e. The van der Waals surface area contributed by atoms with Crippen molar-refractivity contribution < 1.29 is 129 Å². The number of ketones is 1. The molecule has 23 unspecified atom stereocenters. The van der Waals surface area contributed by atoms with Gasteiger partial charge in [0.05, 0.1) is 63.4 Å². The van der Waals surface area contributed by atoms with E-state index in [2.05, 4.69) is 24.5 Å². The third-order valence-electron chi connectivity index (χ3n) is 18.6. The lowest BCUT2D eigenvalue weighted by Crippen LogP contribution is -2.71. The van der Waals surface area contributed by atoms with E-state index in [0.29, 0.717) is 19.3 Å². The Morgan fingerprint density at radius 3 is 1.51 bits per heavy atom. The molecule has 0 aromatic heterocycles. The number of carboxylic acid groups (broad SMARTS) is 1. The Morgan fingerprint density at radius 1 is 0.543 bits per heavy atom. The van der Waals surface area contributed by atoms with E-state index in [1.54, 1.807) is 0 Å². The maximum absolute atomic E-state index is 13.6. The standard InChI is InChI=1S/C66H120N2O26/c1-5-7-9-11-13-15-17-19-21-23-25-27-29-31-44(75)43(68-50(78)32-30-28-26-24-22-20-18-16-14-12-10-8-6-2)39-87-63-56(83)55(82)58(48(37-71)89-63)91-64-57(84)61(59(49(38-72)90-64)92-62-42(33-40(3)73)52(79)54(81)47(36-70)88-62)94-66(65(85)86)34-45(76)51(67-41(4)74)60(93-66)53(80)46(77)35-69/h42-49,51-64,69-72,75-77,79-84H,5-39H2,1-4H3,(H,67,74)(H,68,78)(H,85,86). The highest BCUT2D eigenvalue weighted by Gasteiger charge is 2.61. The third-order valence-corrected chi connectivity index (χ3v) is 18.6. The van der Waals surface area contributed by atoms with Gasteiger partial charge < -0.3 is 125 Å². The van der Waals surface area contributed by atoms with Crippen LogP contribution in [0.3, 0.4) is 0 Å². The van der Waals surface area contributed by atoms with E-state index in [9.17, 15) is 90.7 Å². The molecule has 23 atom stereocenters. The fraction of sp³-hybridized carbons (Fsp3) is 0.939. The van der Waals surface area contributed by atoms with Crippen LogP contribution in [0.4, 0.5) is 0 Å². The molecule has 4 fully saturated rings. The minimum atomic E-state index is -3.26. The number of aliphatic hydroxyl groups excluding tert-OH is 13. The van der Waals surface area contributed by atoms with E-state index < -0.39 is 204 Å². The van der Waals surface area contributed by atoms with Gasteiger partial charge in [0, 0.05) is 32.1 Å². The number of hydrogen-bond donors (Lipinski definition) is 16. The number of hydrogen-bond acceptors (Lipinski definition) is 25. The molecule has 0 aliphatic carbocycles. The van der Waals surface area contributed by atoms with Crippen molar-refractivity contribution >= 4 is 23.6 Å². The quantitative estimate of drug-likeness (QED) is 0.0385. The molecule has 0 aromatic carbocycles. The fourth-order valence-corrected chi connectivity index (χ4v) is 13.0. The number of amides is 2. The highest BCUT2D eigenvalue weighted by molar-refractivity contribution is 5.77. The Morgan fingerprint density at radius 2 is 1.02 bits per heavy atom. The number of carboxylic acids is 1. The van der Waals surface area contributed by atoms with Crippen LogP contribution in [0.1, 0.15) is 220 Å². The number of ether oxygens (including phenoxy) is 8. The van der Waals surface area contributed by atoms with Crippen molar-refractivity contribution in [3.8, 4) is 0 Å². The van der Waals surface area contributed by atoms with Gasteiger partial charge in [-0.05, 0) is 19.8 Å². The molecule has 4 aliphatic rings. The van der Waals surface area contributed by atoms with Gasteiger partial charge in [-0.15, -0.1) is 0 Å². The summed E-state index contributed by atoms with van der Waals surface area (Å²) in [5.74, 6) is -8.50. The maximum atomic E-state index is 13.6. The van der Waals surface area contributed by atoms with Crippen LogP contribution < -0.4 is 10.6 Å². The molecule has 0 aromatic rings. The molecule has 0 radical (unpaired) electrons. The molecule has 4 rings (SSSR count). The van der Waals surface area contributed by atoms with Crippen molar-refractivity contribution in [1.29, 1.82) is 0 Å².